The zero-order valence-electron chi connectivity index (χ0n) is 8.58. The summed E-state index contributed by atoms with van der Waals surface area (Å²) < 4.78 is 0. The number of aliphatic carboxylic acids is 1. The Hall–Kier alpha value is -0.530. The lowest BCUT2D eigenvalue weighted by atomic mass is 9.43. The second-order valence-corrected chi connectivity index (χ2v) is 5.43. The summed E-state index contributed by atoms with van der Waals surface area (Å²) in [6, 6.07) is 0. The molecule has 0 radical (unpaired) electrons. The van der Waals surface area contributed by atoms with Crippen LogP contribution in [-0.4, -0.2) is 11.1 Å². The first kappa shape index (κ1) is 9.04. The summed E-state index contributed by atoms with van der Waals surface area (Å²) in [6.07, 6.45) is 2.04. The van der Waals surface area contributed by atoms with Crippen molar-refractivity contribution in [3.8, 4) is 0 Å². The van der Waals surface area contributed by atoms with Gasteiger partial charge in [0.15, 0.2) is 0 Å². The highest BCUT2D eigenvalue weighted by Gasteiger charge is 2.58. The molecule has 0 amide bonds. The minimum Gasteiger partial charge on any atom is -0.481 e. The van der Waals surface area contributed by atoms with Crippen molar-refractivity contribution >= 4 is 5.97 Å². The van der Waals surface area contributed by atoms with Crippen LogP contribution in [0.4, 0.5) is 0 Å². The van der Waals surface area contributed by atoms with Gasteiger partial charge in [0.2, 0.25) is 0 Å². The molecule has 3 rings (SSSR count). The van der Waals surface area contributed by atoms with Gasteiger partial charge in [0, 0.05) is 0 Å². The highest BCUT2D eigenvalue weighted by Crippen LogP contribution is 2.63. The number of carbonyl (C=O) groups is 1. The second-order valence-electron chi connectivity index (χ2n) is 5.43. The molecule has 3 aliphatic rings. The summed E-state index contributed by atoms with van der Waals surface area (Å²) in [7, 11) is 0. The summed E-state index contributed by atoms with van der Waals surface area (Å²) in [4.78, 5) is 11.0. The van der Waals surface area contributed by atoms with Gasteiger partial charge in [-0.15, -0.1) is 0 Å². The van der Waals surface area contributed by atoms with E-state index < -0.39 is 5.97 Å². The molecule has 0 aromatic carbocycles. The summed E-state index contributed by atoms with van der Waals surface area (Å²) in [5.74, 6) is 1.15. The molecule has 74 valence electrons. The van der Waals surface area contributed by atoms with Gasteiger partial charge in [-0.1, -0.05) is 20.8 Å². The molecule has 0 aliphatic heterocycles. The molecule has 0 aromatic heterocycles. The van der Waals surface area contributed by atoms with Crippen LogP contribution in [0.25, 0.3) is 0 Å². The standard InChI is InChI=1S/C11H18O2/c1-6-4-7(10(12)13)9-5-8(6)11(9,2)3/h6-9H,4-5H2,1-3H3,(H,12,13)/t6?,7-,8?,9?/m0/s1. The van der Waals surface area contributed by atoms with E-state index >= 15 is 0 Å². The predicted molar refractivity (Wildman–Crippen MR) is 50.3 cm³/mol. The molecule has 13 heavy (non-hydrogen) atoms. The normalized spacial score (nSPS) is 46.7. The van der Waals surface area contributed by atoms with Crippen LogP contribution in [0, 0.1) is 29.1 Å². The van der Waals surface area contributed by atoms with Crippen LogP contribution in [0.5, 0.6) is 0 Å². The van der Waals surface area contributed by atoms with Gasteiger partial charge in [0.05, 0.1) is 5.92 Å². The quantitative estimate of drug-likeness (QED) is 0.676. The monoisotopic (exact) mass is 182 g/mol. The van der Waals surface area contributed by atoms with Gasteiger partial charge >= 0.3 is 5.97 Å². The molecule has 3 unspecified atom stereocenters. The minimum atomic E-state index is -0.580. The Morgan fingerprint density at radius 3 is 2.31 bits per heavy atom. The van der Waals surface area contributed by atoms with Crippen LogP contribution in [0.3, 0.4) is 0 Å². The number of rotatable bonds is 1. The fourth-order valence-electron chi connectivity index (χ4n) is 3.65. The van der Waals surface area contributed by atoms with E-state index in [4.69, 9.17) is 5.11 Å². The van der Waals surface area contributed by atoms with Gasteiger partial charge in [-0.2, -0.15) is 0 Å². The second kappa shape index (κ2) is 2.49. The van der Waals surface area contributed by atoms with E-state index in [1.165, 1.54) is 0 Å². The van der Waals surface area contributed by atoms with E-state index in [1.807, 2.05) is 0 Å². The number of carboxylic acids is 1. The highest BCUT2D eigenvalue weighted by molar-refractivity contribution is 5.71. The molecule has 3 saturated carbocycles. The first-order valence-corrected chi connectivity index (χ1v) is 5.17. The van der Waals surface area contributed by atoms with Gasteiger partial charge in [-0.3, -0.25) is 4.79 Å². The smallest absolute Gasteiger partial charge is 0.306 e. The van der Waals surface area contributed by atoms with Gasteiger partial charge < -0.3 is 5.11 Å². The van der Waals surface area contributed by atoms with Gasteiger partial charge in [0.25, 0.3) is 0 Å². The SMILES string of the molecule is CC1C[C@H](C(=O)O)C2CC1C2(C)C. The third-order valence-electron chi connectivity index (χ3n) is 4.53. The van der Waals surface area contributed by atoms with E-state index in [-0.39, 0.29) is 11.3 Å². The largest absolute Gasteiger partial charge is 0.481 e. The topological polar surface area (TPSA) is 37.3 Å². The van der Waals surface area contributed by atoms with Crippen molar-refractivity contribution in [2.45, 2.75) is 33.6 Å². The van der Waals surface area contributed by atoms with Crippen molar-refractivity contribution in [1.82, 2.24) is 0 Å². The van der Waals surface area contributed by atoms with Crippen LogP contribution in [-0.2, 0) is 4.79 Å². The first-order chi connectivity index (χ1) is 5.94. The zero-order valence-corrected chi connectivity index (χ0v) is 8.58. The molecule has 4 atom stereocenters. The predicted octanol–water partition coefficient (Wildman–Crippen LogP) is 2.39. The fraction of sp³-hybridized carbons (Fsp3) is 0.909. The molecule has 3 aliphatic carbocycles. The van der Waals surface area contributed by atoms with E-state index in [2.05, 4.69) is 20.8 Å². The summed E-state index contributed by atoms with van der Waals surface area (Å²) in [6.45, 7) is 6.67. The zero-order chi connectivity index (χ0) is 9.80. The van der Waals surface area contributed by atoms with Crippen LogP contribution in [0.2, 0.25) is 0 Å². The number of hydrogen-bond acceptors (Lipinski definition) is 1. The van der Waals surface area contributed by atoms with Crippen molar-refractivity contribution in [2.24, 2.45) is 29.1 Å². The van der Waals surface area contributed by atoms with Crippen LogP contribution in [0.15, 0.2) is 0 Å². The van der Waals surface area contributed by atoms with Crippen molar-refractivity contribution in [1.29, 1.82) is 0 Å². The maximum Gasteiger partial charge on any atom is 0.306 e. The first-order valence-electron chi connectivity index (χ1n) is 5.17. The van der Waals surface area contributed by atoms with Gasteiger partial charge in [-0.05, 0) is 36.0 Å². The van der Waals surface area contributed by atoms with Gasteiger partial charge in [-0.25, -0.2) is 0 Å². The summed E-state index contributed by atoms with van der Waals surface area (Å²) >= 11 is 0. The molecule has 0 saturated heterocycles. The molecule has 2 bridgehead atoms. The van der Waals surface area contributed by atoms with Gasteiger partial charge in [0.1, 0.15) is 0 Å². The summed E-state index contributed by atoms with van der Waals surface area (Å²) in [5.41, 5.74) is 0.278. The van der Waals surface area contributed by atoms with Crippen LogP contribution < -0.4 is 0 Å². The van der Waals surface area contributed by atoms with Crippen molar-refractivity contribution in [3.63, 3.8) is 0 Å². The number of carboxylic acid groups (broad SMARTS) is 1. The fourth-order valence-corrected chi connectivity index (χ4v) is 3.65. The van der Waals surface area contributed by atoms with E-state index in [0.29, 0.717) is 11.8 Å². The lowest BCUT2D eigenvalue weighted by molar-refractivity contribution is -0.174. The molecule has 0 heterocycles. The third kappa shape index (κ3) is 1.04. The average molecular weight is 182 g/mol. The molecule has 2 nitrogen and oxygen atoms in total. The van der Waals surface area contributed by atoms with Crippen molar-refractivity contribution < 1.29 is 9.90 Å². The Balaban J connectivity index is 2.22. The Kier molecular flexibility index (Phi) is 1.73. The van der Waals surface area contributed by atoms with Crippen LogP contribution >= 0.6 is 0 Å². The highest BCUT2D eigenvalue weighted by atomic mass is 16.4. The molecule has 0 aromatic rings. The minimum absolute atomic E-state index is 0.0741. The molecule has 1 N–H and O–H groups in total. The third-order valence-corrected chi connectivity index (χ3v) is 4.53. The maximum absolute atomic E-state index is 11.0. The lowest BCUT2D eigenvalue weighted by Crippen LogP contribution is -2.57. The Bertz CT molecular complexity index is 244. The van der Waals surface area contributed by atoms with Crippen molar-refractivity contribution in [2.75, 3.05) is 0 Å². The van der Waals surface area contributed by atoms with E-state index in [0.717, 1.165) is 18.8 Å². The molecule has 2 heteroatoms. The molecule has 3 fully saturated rings. The number of fused-ring (bicyclic) bond motifs is 2. The number of hydrogen-bond donors (Lipinski definition) is 1. The van der Waals surface area contributed by atoms with E-state index in [1.54, 1.807) is 0 Å². The summed E-state index contributed by atoms with van der Waals surface area (Å²) in [5, 5.41) is 9.08. The molecule has 0 spiro atoms. The lowest BCUT2D eigenvalue weighted by Gasteiger charge is -2.61. The Labute approximate surface area is 79.3 Å². The Morgan fingerprint density at radius 1 is 1.31 bits per heavy atom. The van der Waals surface area contributed by atoms with E-state index in [9.17, 15) is 4.79 Å². The van der Waals surface area contributed by atoms with Crippen LogP contribution in [0.1, 0.15) is 33.6 Å². The Morgan fingerprint density at radius 2 is 1.92 bits per heavy atom. The van der Waals surface area contributed by atoms with Crippen molar-refractivity contribution in [3.05, 3.63) is 0 Å². The molecular formula is C11H18O2. The maximum atomic E-state index is 11.0. The average Bonchev–Trinajstić information content (AvgIpc) is 2.02. The molecular weight excluding hydrogens is 164 g/mol.